The molecule has 0 spiro atoms. The van der Waals surface area contributed by atoms with Crippen LogP contribution < -0.4 is 5.32 Å². The molecule has 0 aliphatic rings. The van der Waals surface area contributed by atoms with Gasteiger partial charge in [0, 0.05) is 22.8 Å². The fourth-order valence-electron chi connectivity index (χ4n) is 2.20. The summed E-state index contributed by atoms with van der Waals surface area (Å²) in [6, 6.07) is 12.6. The predicted molar refractivity (Wildman–Crippen MR) is 104 cm³/mol. The van der Waals surface area contributed by atoms with Crippen molar-refractivity contribution in [2.24, 2.45) is 0 Å². The lowest BCUT2D eigenvalue weighted by Gasteiger charge is -2.07. The van der Waals surface area contributed by atoms with E-state index < -0.39 is 9.84 Å². The zero-order valence-corrected chi connectivity index (χ0v) is 16.3. The number of amides is 1. The van der Waals surface area contributed by atoms with E-state index in [0.29, 0.717) is 17.9 Å². The Bertz CT molecular complexity index is 843. The predicted octanol–water partition coefficient (Wildman–Crippen LogP) is 4.22. The van der Waals surface area contributed by atoms with Gasteiger partial charge >= 0.3 is 0 Å². The van der Waals surface area contributed by atoms with Crippen LogP contribution >= 0.6 is 11.8 Å². The molecule has 0 atom stereocenters. The van der Waals surface area contributed by atoms with Gasteiger partial charge in [0.2, 0.25) is 5.91 Å². The van der Waals surface area contributed by atoms with Gasteiger partial charge in [0.1, 0.15) is 0 Å². The summed E-state index contributed by atoms with van der Waals surface area (Å²) in [4.78, 5) is 13.5. The molecule has 1 amide bonds. The average Bonchev–Trinajstić information content (AvgIpc) is 2.58. The second-order valence-corrected chi connectivity index (χ2v) is 9.27. The van der Waals surface area contributed by atoms with Gasteiger partial charge in [-0.1, -0.05) is 13.0 Å². The van der Waals surface area contributed by atoms with Gasteiger partial charge in [-0.2, -0.15) is 0 Å². The Kier molecular flexibility index (Phi) is 6.67. The van der Waals surface area contributed by atoms with E-state index in [1.165, 1.54) is 23.3 Å². The first-order valence-electron chi connectivity index (χ1n) is 8.14. The highest BCUT2D eigenvalue weighted by molar-refractivity contribution is 7.99. The minimum Gasteiger partial charge on any atom is -0.326 e. The van der Waals surface area contributed by atoms with E-state index in [0.717, 1.165) is 4.90 Å². The van der Waals surface area contributed by atoms with Gasteiger partial charge in [-0.3, -0.25) is 4.79 Å². The number of thioether (sulfide) groups is 1. The van der Waals surface area contributed by atoms with Gasteiger partial charge in [-0.15, -0.1) is 11.8 Å². The second-order valence-electron chi connectivity index (χ2n) is 5.82. The second kappa shape index (κ2) is 8.54. The summed E-state index contributed by atoms with van der Waals surface area (Å²) in [6.45, 7) is 5.76. The summed E-state index contributed by atoms with van der Waals surface area (Å²) < 4.78 is 23.5. The van der Waals surface area contributed by atoms with Gasteiger partial charge in [0.25, 0.3) is 0 Å². The molecule has 0 radical (unpaired) electrons. The third-order valence-corrected chi connectivity index (χ3v) is 6.70. The quantitative estimate of drug-likeness (QED) is 0.734. The maximum atomic E-state index is 12.0. The molecular formula is C19H23NO3S2. The minimum atomic E-state index is -3.21. The summed E-state index contributed by atoms with van der Waals surface area (Å²) in [5.74, 6) is 0.674. The maximum Gasteiger partial charge on any atom is 0.225 e. The van der Waals surface area contributed by atoms with Crippen LogP contribution in [-0.2, 0) is 14.6 Å². The van der Waals surface area contributed by atoms with Crippen molar-refractivity contribution in [3.8, 4) is 0 Å². The summed E-state index contributed by atoms with van der Waals surface area (Å²) in [5, 5.41) is 2.80. The Morgan fingerprint density at radius 3 is 2.32 bits per heavy atom. The molecule has 0 unspecified atom stereocenters. The molecule has 0 fully saturated rings. The Labute approximate surface area is 154 Å². The Morgan fingerprint density at radius 2 is 1.72 bits per heavy atom. The molecule has 2 aromatic rings. The van der Waals surface area contributed by atoms with Crippen LogP contribution in [0.3, 0.4) is 0 Å². The van der Waals surface area contributed by atoms with E-state index in [1.807, 2.05) is 0 Å². The summed E-state index contributed by atoms with van der Waals surface area (Å²) in [5.41, 5.74) is 3.11. The van der Waals surface area contributed by atoms with Crippen molar-refractivity contribution in [1.82, 2.24) is 0 Å². The lowest BCUT2D eigenvalue weighted by atomic mass is 10.1. The Balaban J connectivity index is 1.85. The van der Waals surface area contributed by atoms with Gasteiger partial charge in [-0.05, 0) is 61.4 Å². The molecule has 25 heavy (non-hydrogen) atoms. The summed E-state index contributed by atoms with van der Waals surface area (Å²) >= 11 is 1.65. The molecule has 6 heteroatoms. The minimum absolute atomic E-state index is 0.0639. The van der Waals surface area contributed by atoms with Gasteiger partial charge in [-0.25, -0.2) is 8.42 Å². The molecule has 0 aromatic heterocycles. The molecule has 134 valence electrons. The summed E-state index contributed by atoms with van der Waals surface area (Å²) in [7, 11) is -3.21. The number of anilines is 1. The van der Waals surface area contributed by atoms with E-state index >= 15 is 0 Å². The fourth-order valence-corrected chi connectivity index (χ4v) is 4.03. The van der Waals surface area contributed by atoms with Crippen molar-refractivity contribution < 1.29 is 13.2 Å². The van der Waals surface area contributed by atoms with Crippen molar-refractivity contribution in [2.45, 2.75) is 37.0 Å². The topological polar surface area (TPSA) is 63.2 Å². The van der Waals surface area contributed by atoms with Crippen LogP contribution in [0.15, 0.2) is 52.3 Å². The molecule has 4 nitrogen and oxygen atoms in total. The molecule has 2 rings (SSSR count). The molecule has 0 aliphatic carbocycles. The highest BCUT2D eigenvalue weighted by atomic mass is 32.2. The smallest absolute Gasteiger partial charge is 0.225 e. The molecular weight excluding hydrogens is 354 g/mol. The standard InChI is InChI=1S/C19H23NO3S2/c1-4-25(22,23)18-9-6-16(7-10-18)20-19(21)11-12-24-17-8-5-14(2)15(3)13-17/h5-10,13H,4,11-12H2,1-3H3,(H,20,21). The molecule has 0 saturated heterocycles. The molecule has 0 aliphatic heterocycles. The SMILES string of the molecule is CCS(=O)(=O)c1ccc(NC(=O)CCSc2ccc(C)c(C)c2)cc1. The maximum absolute atomic E-state index is 12.0. The van der Waals surface area contributed by atoms with Crippen LogP contribution in [0.25, 0.3) is 0 Å². The van der Waals surface area contributed by atoms with Crippen LogP contribution in [0, 0.1) is 13.8 Å². The number of benzene rings is 2. The van der Waals surface area contributed by atoms with E-state index in [1.54, 1.807) is 30.8 Å². The number of aryl methyl sites for hydroxylation is 2. The van der Waals surface area contributed by atoms with Gasteiger partial charge < -0.3 is 5.32 Å². The van der Waals surface area contributed by atoms with E-state index in [2.05, 4.69) is 37.4 Å². The number of rotatable bonds is 7. The lowest BCUT2D eigenvalue weighted by molar-refractivity contribution is -0.115. The highest BCUT2D eigenvalue weighted by Gasteiger charge is 2.11. The van der Waals surface area contributed by atoms with Crippen molar-refractivity contribution in [1.29, 1.82) is 0 Å². The van der Waals surface area contributed by atoms with Gasteiger partial charge in [0.05, 0.1) is 10.6 Å². The fraction of sp³-hybridized carbons (Fsp3) is 0.316. The number of hydrogen-bond donors (Lipinski definition) is 1. The molecule has 0 heterocycles. The van der Waals surface area contributed by atoms with E-state index in [9.17, 15) is 13.2 Å². The number of sulfone groups is 1. The molecule has 0 bridgehead atoms. The monoisotopic (exact) mass is 377 g/mol. The Hall–Kier alpha value is -1.79. The van der Waals surface area contributed by atoms with E-state index in [4.69, 9.17) is 0 Å². The number of hydrogen-bond acceptors (Lipinski definition) is 4. The first-order valence-corrected chi connectivity index (χ1v) is 10.8. The number of carbonyl (C=O) groups is 1. The Morgan fingerprint density at radius 1 is 1.04 bits per heavy atom. The zero-order chi connectivity index (χ0) is 18.4. The van der Waals surface area contributed by atoms with Crippen LogP contribution in [0.5, 0.6) is 0 Å². The van der Waals surface area contributed by atoms with Crippen LogP contribution in [0.1, 0.15) is 24.5 Å². The normalized spacial score (nSPS) is 11.3. The zero-order valence-electron chi connectivity index (χ0n) is 14.7. The third-order valence-electron chi connectivity index (χ3n) is 3.95. The largest absolute Gasteiger partial charge is 0.326 e. The number of carbonyl (C=O) groups excluding carboxylic acids is 1. The highest BCUT2D eigenvalue weighted by Crippen LogP contribution is 2.22. The number of nitrogens with one attached hydrogen (secondary N) is 1. The van der Waals surface area contributed by atoms with Crippen molar-refractivity contribution >= 4 is 33.2 Å². The molecule has 2 aromatic carbocycles. The van der Waals surface area contributed by atoms with Crippen LogP contribution in [-0.4, -0.2) is 25.8 Å². The molecule has 1 N–H and O–H groups in total. The van der Waals surface area contributed by atoms with Crippen LogP contribution in [0.2, 0.25) is 0 Å². The third kappa shape index (κ3) is 5.61. The van der Waals surface area contributed by atoms with Gasteiger partial charge in [0.15, 0.2) is 9.84 Å². The van der Waals surface area contributed by atoms with E-state index in [-0.39, 0.29) is 16.6 Å². The lowest BCUT2D eigenvalue weighted by Crippen LogP contribution is -2.12. The first-order chi connectivity index (χ1) is 11.8. The van der Waals surface area contributed by atoms with Crippen molar-refractivity contribution in [2.75, 3.05) is 16.8 Å². The summed E-state index contributed by atoms with van der Waals surface area (Å²) in [6.07, 6.45) is 0.395. The first kappa shape index (κ1) is 19.5. The van der Waals surface area contributed by atoms with Crippen molar-refractivity contribution in [3.63, 3.8) is 0 Å². The average molecular weight is 378 g/mol. The van der Waals surface area contributed by atoms with Crippen LogP contribution in [0.4, 0.5) is 5.69 Å². The molecule has 0 saturated carbocycles. The van der Waals surface area contributed by atoms with Crippen molar-refractivity contribution in [3.05, 3.63) is 53.6 Å².